The zero-order chi connectivity index (χ0) is 28.8. The van der Waals surface area contributed by atoms with Crippen LogP contribution in [0.1, 0.15) is 58.9 Å². The predicted molar refractivity (Wildman–Crippen MR) is 137 cm³/mol. The normalized spacial score (nSPS) is 17.7. The van der Waals surface area contributed by atoms with Crippen LogP contribution in [0.25, 0.3) is 0 Å². The van der Waals surface area contributed by atoms with Gasteiger partial charge < -0.3 is 21.3 Å². The van der Waals surface area contributed by atoms with E-state index in [1.54, 1.807) is 6.92 Å². The van der Waals surface area contributed by atoms with E-state index < -0.39 is 58.1 Å². The van der Waals surface area contributed by atoms with Crippen molar-refractivity contribution in [2.45, 2.75) is 55.8 Å². The number of hydrogen-bond donors (Lipinski definition) is 5. The molecule has 1 fully saturated rings. The second-order valence-electron chi connectivity index (χ2n) is 9.08. The molecule has 10 nitrogen and oxygen atoms in total. The van der Waals surface area contributed by atoms with Crippen LogP contribution in [0.2, 0.25) is 0 Å². The third-order valence-corrected chi connectivity index (χ3v) is 7.17. The summed E-state index contributed by atoms with van der Waals surface area (Å²) in [7, 11) is -3.90. The highest BCUT2D eigenvalue weighted by Crippen LogP contribution is 2.32. The molecule has 2 aromatic rings. The van der Waals surface area contributed by atoms with Crippen LogP contribution < -0.4 is 26.4 Å². The Balaban J connectivity index is 1.61. The minimum atomic E-state index is -4.64. The molecule has 0 heterocycles. The fourth-order valence-electron chi connectivity index (χ4n) is 4.29. The highest BCUT2D eigenvalue weighted by atomic mass is 32.2. The van der Waals surface area contributed by atoms with Crippen LogP contribution in [-0.2, 0) is 21.0 Å². The Morgan fingerprint density at radius 1 is 0.949 bits per heavy atom. The number of anilines is 1. The van der Waals surface area contributed by atoms with Gasteiger partial charge in [-0.15, -0.1) is 0 Å². The molecule has 14 heteroatoms. The Kier molecular flexibility index (Phi) is 9.56. The Morgan fingerprint density at radius 2 is 1.56 bits per heavy atom. The third kappa shape index (κ3) is 8.17. The second-order valence-corrected chi connectivity index (χ2v) is 10.6. The Bertz CT molecular complexity index is 1320. The van der Waals surface area contributed by atoms with E-state index in [4.69, 9.17) is 5.14 Å². The van der Waals surface area contributed by atoms with Crippen LogP contribution in [0, 0.1) is 0 Å². The molecular weight excluding hydrogens is 539 g/mol. The van der Waals surface area contributed by atoms with Crippen LogP contribution in [0.3, 0.4) is 0 Å². The lowest BCUT2D eigenvalue weighted by Crippen LogP contribution is -2.54. The van der Waals surface area contributed by atoms with Gasteiger partial charge in [-0.1, -0.05) is 12.8 Å². The lowest BCUT2D eigenvalue weighted by molar-refractivity contribution is -0.137. The predicted octanol–water partition coefficient (Wildman–Crippen LogP) is 2.37. The number of carbonyl (C=O) groups excluding carboxylic acids is 3. The van der Waals surface area contributed by atoms with Crippen molar-refractivity contribution in [2.24, 2.45) is 5.14 Å². The van der Waals surface area contributed by atoms with Gasteiger partial charge in [-0.05, 0) is 62.2 Å². The van der Waals surface area contributed by atoms with Crippen LogP contribution in [0.4, 0.5) is 18.9 Å². The summed E-state index contributed by atoms with van der Waals surface area (Å²) in [5.41, 5.74) is -0.812. The number of primary sulfonamides is 1. The van der Waals surface area contributed by atoms with Gasteiger partial charge in [0.15, 0.2) is 0 Å². The molecule has 3 amide bonds. The summed E-state index contributed by atoms with van der Waals surface area (Å²) in [6.45, 7) is 1.62. The fourth-order valence-corrected chi connectivity index (χ4v) is 4.81. The van der Waals surface area contributed by atoms with Crippen molar-refractivity contribution in [3.05, 3.63) is 59.2 Å². The van der Waals surface area contributed by atoms with E-state index in [9.17, 15) is 36.0 Å². The molecule has 0 radical (unpaired) electrons. The summed E-state index contributed by atoms with van der Waals surface area (Å²) in [5.74, 6) is -1.87. The van der Waals surface area contributed by atoms with Gasteiger partial charge in [0.05, 0.1) is 22.6 Å². The zero-order valence-electron chi connectivity index (χ0n) is 21.1. The maximum atomic E-state index is 13.1. The molecule has 1 aliphatic rings. The smallest absolute Gasteiger partial charge is 0.385 e. The first-order valence-corrected chi connectivity index (χ1v) is 13.8. The Morgan fingerprint density at radius 3 is 2.13 bits per heavy atom. The molecular formula is C25H30F3N5O5S. The van der Waals surface area contributed by atoms with E-state index in [0.29, 0.717) is 19.4 Å². The molecule has 6 N–H and O–H groups in total. The van der Waals surface area contributed by atoms with Gasteiger partial charge in [0, 0.05) is 29.9 Å². The quantitative estimate of drug-likeness (QED) is 0.312. The molecule has 0 spiro atoms. The van der Waals surface area contributed by atoms with Crippen molar-refractivity contribution in [2.75, 3.05) is 18.4 Å². The number of amides is 3. The van der Waals surface area contributed by atoms with Gasteiger partial charge in [-0.3, -0.25) is 14.4 Å². The number of rotatable bonds is 9. The number of sulfonamides is 1. The highest BCUT2D eigenvalue weighted by Gasteiger charge is 2.32. The monoisotopic (exact) mass is 569 g/mol. The standard InChI is InChI=1S/C25H30F3N5O5S/c1-2-30-19-12-9-16(25(26,27)28)13-18(19)24(36)31-14-22(34)32-20-5-3-4-6-21(20)33-23(35)15-7-10-17(11-8-15)39(29,37)38/h7-13,20-21,30H,2-6,14H2,1H3,(H,31,36)(H,32,34)(H,33,35)(H2,29,37,38). The van der Waals surface area contributed by atoms with Crippen LogP contribution in [0.5, 0.6) is 0 Å². The van der Waals surface area contributed by atoms with Gasteiger partial charge >= 0.3 is 6.18 Å². The molecule has 0 saturated heterocycles. The Labute approximate surface area is 224 Å². The largest absolute Gasteiger partial charge is 0.416 e. The van der Waals surface area contributed by atoms with Crippen LogP contribution in [-0.4, -0.2) is 51.3 Å². The van der Waals surface area contributed by atoms with Gasteiger partial charge in [0.2, 0.25) is 15.9 Å². The minimum Gasteiger partial charge on any atom is -0.385 e. The van der Waals surface area contributed by atoms with Crippen LogP contribution >= 0.6 is 0 Å². The summed E-state index contributed by atoms with van der Waals surface area (Å²) < 4.78 is 62.3. The van der Waals surface area contributed by atoms with Crippen molar-refractivity contribution >= 4 is 33.4 Å². The average Bonchev–Trinajstić information content (AvgIpc) is 2.87. The summed E-state index contributed by atoms with van der Waals surface area (Å²) >= 11 is 0. The second kappa shape index (κ2) is 12.5. The molecule has 3 rings (SSSR count). The van der Waals surface area contributed by atoms with Gasteiger partial charge in [-0.25, -0.2) is 13.6 Å². The zero-order valence-corrected chi connectivity index (χ0v) is 21.9. The lowest BCUT2D eigenvalue weighted by atomic mass is 9.90. The molecule has 0 aromatic heterocycles. The summed E-state index contributed by atoms with van der Waals surface area (Å²) in [6.07, 6.45) is -1.90. The van der Waals surface area contributed by atoms with E-state index in [2.05, 4.69) is 21.3 Å². The number of nitrogens with one attached hydrogen (secondary N) is 4. The first-order valence-electron chi connectivity index (χ1n) is 12.3. The molecule has 2 unspecified atom stereocenters. The van der Waals surface area contributed by atoms with Crippen molar-refractivity contribution < 1.29 is 36.0 Å². The molecule has 2 atom stereocenters. The number of halogens is 3. The summed E-state index contributed by atoms with van der Waals surface area (Å²) in [5, 5.41) is 15.9. The lowest BCUT2D eigenvalue weighted by Gasteiger charge is -2.33. The maximum absolute atomic E-state index is 13.1. The van der Waals surface area contributed by atoms with Crippen molar-refractivity contribution in [3.63, 3.8) is 0 Å². The Hall–Kier alpha value is -3.65. The van der Waals surface area contributed by atoms with E-state index in [1.165, 1.54) is 30.3 Å². The van der Waals surface area contributed by atoms with Crippen molar-refractivity contribution in [1.82, 2.24) is 16.0 Å². The molecule has 2 aromatic carbocycles. The van der Waals surface area contributed by atoms with E-state index in [0.717, 1.165) is 25.0 Å². The number of hydrogen-bond acceptors (Lipinski definition) is 6. The molecule has 0 aliphatic heterocycles. The van der Waals surface area contributed by atoms with Gasteiger partial charge in [0.1, 0.15) is 0 Å². The number of nitrogens with two attached hydrogens (primary N) is 1. The third-order valence-electron chi connectivity index (χ3n) is 6.24. The molecule has 1 aliphatic carbocycles. The number of carbonyl (C=O) groups is 3. The molecule has 39 heavy (non-hydrogen) atoms. The first kappa shape index (κ1) is 29.9. The van der Waals surface area contributed by atoms with E-state index in [1.807, 2.05) is 0 Å². The van der Waals surface area contributed by atoms with Gasteiger partial charge in [-0.2, -0.15) is 13.2 Å². The SMILES string of the molecule is CCNc1ccc(C(F)(F)F)cc1C(=O)NCC(=O)NC1CCCCC1NC(=O)c1ccc(S(N)(=O)=O)cc1. The summed E-state index contributed by atoms with van der Waals surface area (Å²) in [6, 6.07) is 7.00. The fraction of sp³-hybridized carbons (Fsp3) is 0.400. The summed E-state index contributed by atoms with van der Waals surface area (Å²) in [4.78, 5) is 37.9. The van der Waals surface area contributed by atoms with Crippen LogP contribution in [0.15, 0.2) is 47.4 Å². The molecule has 212 valence electrons. The molecule has 1 saturated carbocycles. The maximum Gasteiger partial charge on any atom is 0.416 e. The minimum absolute atomic E-state index is 0.133. The topological polar surface area (TPSA) is 159 Å². The number of benzene rings is 2. The van der Waals surface area contributed by atoms with E-state index in [-0.39, 0.29) is 21.7 Å². The first-order chi connectivity index (χ1) is 18.3. The number of alkyl halides is 3. The average molecular weight is 570 g/mol. The van der Waals surface area contributed by atoms with Crippen molar-refractivity contribution in [3.8, 4) is 0 Å². The highest BCUT2D eigenvalue weighted by molar-refractivity contribution is 7.89. The van der Waals surface area contributed by atoms with Crippen molar-refractivity contribution in [1.29, 1.82) is 0 Å². The van der Waals surface area contributed by atoms with Gasteiger partial charge in [0.25, 0.3) is 11.8 Å². The van der Waals surface area contributed by atoms with E-state index >= 15 is 0 Å². The molecule has 0 bridgehead atoms.